The Hall–Kier alpha value is -4.76. The Bertz CT molecular complexity index is 1880. The molecule has 4 aromatic rings. The number of benzene rings is 2. The fourth-order valence-electron chi connectivity index (χ4n) is 5.26. The third-order valence-corrected chi connectivity index (χ3v) is 9.70. The molecule has 0 saturated carbocycles. The lowest BCUT2D eigenvalue weighted by Crippen LogP contribution is -2.33. The zero-order valence-corrected chi connectivity index (χ0v) is 31.7. The van der Waals surface area contributed by atoms with Gasteiger partial charge in [0.1, 0.15) is 13.1 Å². The Labute approximate surface area is 312 Å². The topological polar surface area (TPSA) is 153 Å². The molecule has 4 rings (SSSR count). The van der Waals surface area contributed by atoms with E-state index < -0.39 is 20.2 Å². The first-order valence-electron chi connectivity index (χ1n) is 17.3. The van der Waals surface area contributed by atoms with Gasteiger partial charge in [0.2, 0.25) is 0 Å². The van der Waals surface area contributed by atoms with Crippen LogP contribution >= 0.6 is 0 Å². The van der Waals surface area contributed by atoms with Crippen LogP contribution in [0.5, 0.6) is 23.0 Å². The average Bonchev–Trinajstić information content (AvgIpc) is 3.13. The number of aromatic nitrogens is 2. The van der Waals surface area contributed by atoms with E-state index in [-0.39, 0.29) is 11.5 Å². The number of methoxy groups -OCH3 is 2. The van der Waals surface area contributed by atoms with Crippen LogP contribution in [0.25, 0.3) is 24.3 Å². The van der Waals surface area contributed by atoms with Crippen molar-refractivity contribution in [3.8, 4) is 23.0 Å². The predicted molar refractivity (Wildman–Crippen MR) is 204 cm³/mol. The number of rotatable bonds is 22. The van der Waals surface area contributed by atoms with Crippen molar-refractivity contribution >= 4 is 44.5 Å². The van der Waals surface area contributed by atoms with Gasteiger partial charge in [0, 0.05) is 37.1 Å². The summed E-state index contributed by atoms with van der Waals surface area (Å²) in [4.78, 5) is 0. The van der Waals surface area contributed by atoms with E-state index >= 15 is 0 Å². The van der Waals surface area contributed by atoms with Crippen LogP contribution in [0.2, 0.25) is 0 Å². The highest BCUT2D eigenvalue weighted by atomic mass is 32.2. The van der Waals surface area contributed by atoms with Gasteiger partial charge in [-0.05, 0) is 65.8 Å². The Morgan fingerprint density at radius 3 is 1.25 bits per heavy atom. The van der Waals surface area contributed by atoms with Gasteiger partial charge in [0.05, 0.1) is 38.9 Å². The maximum Gasteiger partial charge on any atom is 0.265 e. The molecule has 0 aliphatic rings. The van der Waals surface area contributed by atoms with Crippen molar-refractivity contribution in [2.24, 2.45) is 0 Å². The highest BCUT2D eigenvalue weighted by molar-refractivity contribution is 7.86. The van der Waals surface area contributed by atoms with Crippen LogP contribution in [0.3, 0.4) is 0 Å². The standard InChI is InChI=1S/C39H46N2O10S2/c1-48-38-30-34(10-8-32-16-22-40(23-17-32)20-6-28-52(42,43)44)12-14-36(38)50-26-4-3-5-27-51-37-15-13-35(31-39(37)49-2)11-9-33-18-24-41(25-19-33)21-7-29-53(45,46)47/h8-19,22-25,30-31H,3-7,20-21,26-29H2,1-2H3/p+2. The van der Waals surface area contributed by atoms with Crippen LogP contribution in [0.1, 0.15) is 54.4 Å². The van der Waals surface area contributed by atoms with Crippen LogP contribution in [0.15, 0.2) is 85.5 Å². The fraction of sp³-hybridized carbons (Fsp3) is 0.333. The molecule has 14 heteroatoms. The first kappa shape index (κ1) is 41.0. The van der Waals surface area contributed by atoms with Crippen molar-refractivity contribution in [3.05, 3.63) is 108 Å². The van der Waals surface area contributed by atoms with E-state index in [2.05, 4.69) is 0 Å². The maximum absolute atomic E-state index is 10.9. The Morgan fingerprint density at radius 1 is 0.509 bits per heavy atom. The molecule has 0 amide bonds. The molecule has 0 bridgehead atoms. The number of ether oxygens (including phenoxy) is 4. The monoisotopic (exact) mass is 768 g/mol. The van der Waals surface area contributed by atoms with Gasteiger partial charge in [-0.1, -0.05) is 36.4 Å². The highest BCUT2D eigenvalue weighted by Crippen LogP contribution is 2.30. The van der Waals surface area contributed by atoms with Crippen molar-refractivity contribution in [1.82, 2.24) is 0 Å². The summed E-state index contributed by atoms with van der Waals surface area (Å²) >= 11 is 0. The summed E-state index contributed by atoms with van der Waals surface area (Å²) in [5, 5.41) is 0. The van der Waals surface area contributed by atoms with Crippen molar-refractivity contribution in [3.63, 3.8) is 0 Å². The number of nitrogens with zero attached hydrogens (tertiary/aromatic N) is 2. The molecule has 2 heterocycles. The van der Waals surface area contributed by atoms with Crippen LogP contribution in [-0.2, 0) is 33.3 Å². The SMILES string of the molecule is COc1cc(C=Cc2cc[n+](CCCS(=O)(=O)O)cc2)ccc1OCCCCCOc1ccc(C=Cc2cc[n+](CCCS(=O)(=O)O)cc2)cc1OC. The number of hydrogen-bond acceptors (Lipinski definition) is 8. The van der Waals surface area contributed by atoms with Gasteiger partial charge in [0.15, 0.2) is 47.8 Å². The molecule has 12 nitrogen and oxygen atoms in total. The lowest BCUT2D eigenvalue weighted by Gasteiger charge is -2.12. The molecule has 0 saturated heterocycles. The van der Waals surface area contributed by atoms with E-state index in [0.29, 0.717) is 62.1 Å². The summed E-state index contributed by atoms with van der Waals surface area (Å²) in [6, 6.07) is 19.3. The van der Waals surface area contributed by atoms with E-state index in [9.17, 15) is 16.8 Å². The zero-order valence-electron chi connectivity index (χ0n) is 30.0. The Kier molecular flexibility index (Phi) is 15.8. The van der Waals surface area contributed by atoms with E-state index in [1.165, 1.54) is 0 Å². The number of aryl methyl sites for hydroxylation is 2. The highest BCUT2D eigenvalue weighted by Gasteiger charge is 2.10. The quantitative estimate of drug-likeness (QED) is 0.0570. The number of unbranched alkanes of at least 4 members (excludes halogenated alkanes) is 2. The summed E-state index contributed by atoms with van der Waals surface area (Å²) in [5.41, 5.74) is 3.88. The minimum absolute atomic E-state index is 0.263. The molecule has 2 N–H and O–H groups in total. The molecule has 284 valence electrons. The maximum atomic E-state index is 10.9. The molecular weight excluding hydrogens is 721 g/mol. The molecule has 0 aliphatic heterocycles. The van der Waals surface area contributed by atoms with Gasteiger partial charge in [0.25, 0.3) is 20.2 Å². The average molecular weight is 769 g/mol. The minimum Gasteiger partial charge on any atom is -0.493 e. The summed E-state index contributed by atoms with van der Waals surface area (Å²) in [5.74, 6) is 2.12. The first-order valence-corrected chi connectivity index (χ1v) is 20.5. The van der Waals surface area contributed by atoms with Crippen LogP contribution < -0.4 is 28.1 Å². The van der Waals surface area contributed by atoms with E-state index in [0.717, 1.165) is 41.5 Å². The summed E-state index contributed by atoms with van der Waals surface area (Å²) in [6.07, 6.45) is 18.7. The second-order valence-electron chi connectivity index (χ2n) is 12.3. The second kappa shape index (κ2) is 20.5. The van der Waals surface area contributed by atoms with E-state index in [1.807, 2.05) is 119 Å². The van der Waals surface area contributed by atoms with Gasteiger partial charge in [-0.25, -0.2) is 9.13 Å². The van der Waals surface area contributed by atoms with Crippen molar-refractivity contribution in [1.29, 1.82) is 0 Å². The van der Waals surface area contributed by atoms with Gasteiger partial charge in [-0.2, -0.15) is 16.8 Å². The summed E-state index contributed by atoms with van der Waals surface area (Å²) in [6.45, 7) is 2.07. The Morgan fingerprint density at radius 2 is 0.887 bits per heavy atom. The number of pyridine rings is 2. The molecule has 2 aromatic heterocycles. The molecule has 0 radical (unpaired) electrons. The first-order chi connectivity index (χ1) is 25.4. The van der Waals surface area contributed by atoms with Crippen LogP contribution in [0, 0.1) is 0 Å². The summed E-state index contributed by atoms with van der Waals surface area (Å²) in [7, 11) is -4.67. The molecular formula is C39H48N2O10S2+2. The molecule has 0 unspecified atom stereocenters. The predicted octanol–water partition coefficient (Wildman–Crippen LogP) is 5.80. The third-order valence-electron chi connectivity index (χ3n) is 8.09. The minimum atomic E-state index is -3.95. The molecule has 0 aliphatic carbocycles. The fourth-order valence-corrected chi connectivity index (χ4v) is 6.25. The third kappa shape index (κ3) is 15.4. The number of hydrogen-bond donors (Lipinski definition) is 2. The van der Waals surface area contributed by atoms with Gasteiger partial charge in [-0.3, -0.25) is 9.11 Å². The normalized spacial score (nSPS) is 12.0. The van der Waals surface area contributed by atoms with E-state index in [1.54, 1.807) is 14.2 Å². The van der Waals surface area contributed by atoms with Crippen molar-refractivity contribution in [2.75, 3.05) is 38.9 Å². The summed E-state index contributed by atoms with van der Waals surface area (Å²) < 4.78 is 88.3. The van der Waals surface area contributed by atoms with Crippen molar-refractivity contribution in [2.45, 2.75) is 45.2 Å². The lowest BCUT2D eigenvalue weighted by molar-refractivity contribution is -0.697. The Balaban J connectivity index is 1.16. The molecule has 0 spiro atoms. The zero-order chi connectivity index (χ0) is 38.1. The van der Waals surface area contributed by atoms with Crippen molar-refractivity contribution < 1.29 is 54.0 Å². The van der Waals surface area contributed by atoms with Gasteiger partial charge < -0.3 is 18.9 Å². The lowest BCUT2D eigenvalue weighted by atomic mass is 10.1. The smallest absolute Gasteiger partial charge is 0.265 e. The van der Waals surface area contributed by atoms with E-state index in [4.69, 9.17) is 28.1 Å². The van der Waals surface area contributed by atoms with Crippen LogP contribution in [-0.4, -0.2) is 64.9 Å². The van der Waals surface area contributed by atoms with Crippen LogP contribution in [0.4, 0.5) is 0 Å². The largest absolute Gasteiger partial charge is 0.493 e. The molecule has 0 atom stereocenters. The molecule has 2 aromatic carbocycles. The molecule has 0 fully saturated rings. The second-order valence-corrected chi connectivity index (χ2v) is 15.4. The van der Waals surface area contributed by atoms with Gasteiger partial charge >= 0.3 is 0 Å². The van der Waals surface area contributed by atoms with Gasteiger partial charge in [-0.15, -0.1) is 0 Å². The molecule has 53 heavy (non-hydrogen) atoms.